The topological polar surface area (TPSA) is 79.7 Å². The summed E-state index contributed by atoms with van der Waals surface area (Å²) < 4.78 is 5.53. The van der Waals surface area contributed by atoms with Gasteiger partial charge in [0, 0.05) is 24.5 Å². The predicted molar refractivity (Wildman–Crippen MR) is 121 cm³/mol. The number of amides is 1. The van der Waals surface area contributed by atoms with Gasteiger partial charge in [-0.1, -0.05) is 48.0 Å². The number of pyridine rings is 1. The molecule has 6 heteroatoms. The van der Waals surface area contributed by atoms with E-state index in [0.29, 0.717) is 23.5 Å². The second-order valence-corrected chi connectivity index (χ2v) is 7.66. The molecule has 3 aromatic rings. The number of hydrogen-bond donors (Lipinski definition) is 1. The molecule has 2 aromatic carbocycles. The first-order chi connectivity index (χ1) is 15.5. The Morgan fingerprint density at radius 2 is 1.78 bits per heavy atom. The molecule has 0 radical (unpaired) electrons. The molecule has 0 spiro atoms. The van der Waals surface area contributed by atoms with E-state index in [-0.39, 0.29) is 17.9 Å². The summed E-state index contributed by atoms with van der Waals surface area (Å²) >= 11 is 0. The number of ketones is 1. The molecule has 1 atom stereocenters. The van der Waals surface area contributed by atoms with Gasteiger partial charge < -0.3 is 14.7 Å². The van der Waals surface area contributed by atoms with Crippen molar-refractivity contribution in [2.24, 2.45) is 0 Å². The maximum atomic E-state index is 13.1. The van der Waals surface area contributed by atoms with Gasteiger partial charge >= 0.3 is 0 Å². The molecule has 1 aliphatic heterocycles. The number of aliphatic hydroxyl groups excluding tert-OH is 1. The highest BCUT2D eigenvalue weighted by Crippen LogP contribution is 2.40. The van der Waals surface area contributed by atoms with Gasteiger partial charge in [-0.05, 0) is 43.2 Å². The molecule has 1 saturated heterocycles. The smallest absolute Gasteiger partial charge is 0.295 e. The maximum Gasteiger partial charge on any atom is 0.295 e. The predicted octanol–water partition coefficient (Wildman–Crippen LogP) is 4.41. The zero-order valence-corrected chi connectivity index (χ0v) is 18.0. The van der Waals surface area contributed by atoms with Crippen molar-refractivity contribution in [3.63, 3.8) is 0 Å². The number of rotatable bonds is 6. The normalized spacial score (nSPS) is 17.6. The van der Waals surface area contributed by atoms with Crippen molar-refractivity contribution in [1.29, 1.82) is 0 Å². The van der Waals surface area contributed by atoms with Gasteiger partial charge in [-0.25, -0.2) is 0 Å². The number of nitrogens with zero attached hydrogens (tertiary/aromatic N) is 2. The summed E-state index contributed by atoms with van der Waals surface area (Å²) in [7, 11) is 0. The van der Waals surface area contributed by atoms with Gasteiger partial charge in [-0.15, -0.1) is 0 Å². The molecule has 1 aromatic heterocycles. The molecule has 2 heterocycles. The number of aliphatic hydroxyl groups is 1. The van der Waals surface area contributed by atoms with Crippen LogP contribution in [0.5, 0.6) is 5.75 Å². The molecule has 1 fully saturated rings. The lowest BCUT2D eigenvalue weighted by atomic mass is 9.95. The molecule has 0 saturated carbocycles. The van der Waals surface area contributed by atoms with Crippen LogP contribution >= 0.6 is 0 Å². The van der Waals surface area contributed by atoms with Gasteiger partial charge in [0.15, 0.2) is 0 Å². The molecule has 0 unspecified atom stereocenters. The van der Waals surface area contributed by atoms with Gasteiger partial charge in [0.1, 0.15) is 11.5 Å². The van der Waals surface area contributed by atoms with E-state index in [9.17, 15) is 14.7 Å². The van der Waals surface area contributed by atoms with Crippen LogP contribution in [0.3, 0.4) is 0 Å². The van der Waals surface area contributed by atoms with E-state index < -0.39 is 17.7 Å². The molecule has 1 N–H and O–H groups in total. The van der Waals surface area contributed by atoms with Gasteiger partial charge in [0.2, 0.25) is 0 Å². The molecule has 32 heavy (non-hydrogen) atoms. The van der Waals surface area contributed by atoms with E-state index in [2.05, 4.69) is 4.98 Å². The number of likely N-dealkylation sites (tertiary alicyclic amines) is 1. The lowest BCUT2D eigenvalue weighted by Crippen LogP contribution is -2.29. The number of carbonyl (C=O) groups excluding carboxylic acids is 2. The first-order valence-electron chi connectivity index (χ1n) is 10.5. The van der Waals surface area contributed by atoms with E-state index in [1.54, 1.807) is 42.7 Å². The van der Waals surface area contributed by atoms with Crippen molar-refractivity contribution in [3.05, 3.63) is 101 Å². The van der Waals surface area contributed by atoms with E-state index in [0.717, 1.165) is 11.1 Å². The number of benzene rings is 2. The van der Waals surface area contributed by atoms with Crippen molar-refractivity contribution in [1.82, 2.24) is 9.88 Å². The van der Waals surface area contributed by atoms with E-state index in [1.165, 1.54) is 4.90 Å². The van der Waals surface area contributed by atoms with Crippen LogP contribution in [0, 0.1) is 6.92 Å². The molecular formula is C26H24N2O4. The Kier molecular flexibility index (Phi) is 6.03. The Labute approximate surface area is 186 Å². The van der Waals surface area contributed by atoms with Gasteiger partial charge in [-0.2, -0.15) is 0 Å². The van der Waals surface area contributed by atoms with Crippen molar-refractivity contribution in [2.45, 2.75) is 26.4 Å². The first kappa shape index (κ1) is 21.3. The molecule has 4 rings (SSSR count). The average Bonchev–Trinajstić information content (AvgIpc) is 3.05. The summed E-state index contributed by atoms with van der Waals surface area (Å²) in [4.78, 5) is 31.7. The van der Waals surface area contributed by atoms with Crippen LogP contribution in [0.15, 0.2) is 78.6 Å². The Morgan fingerprint density at radius 3 is 2.41 bits per heavy atom. The fourth-order valence-corrected chi connectivity index (χ4v) is 3.86. The van der Waals surface area contributed by atoms with E-state index in [1.807, 2.05) is 44.2 Å². The van der Waals surface area contributed by atoms with Gasteiger partial charge in [-0.3, -0.25) is 14.6 Å². The molecular weight excluding hydrogens is 404 g/mol. The number of carbonyl (C=O) groups is 2. The minimum absolute atomic E-state index is 0.0758. The minimum atomic E-state index is -0.729. The molecule has 6 nitrogen and oxygen atoms in total. The largest absolute Gasteiger partial charge is 0.507 e. The Hall–Kier alpha value is -3.93. The van der Waals surface area contributed by atoms with E-state index >= 15 is 0 Å². The summed E-state index contributed by atoms with van der Waals surface area (Å²) in [6.07, 6.45) is 3.31. The second kappa shape index (κ2) is 9.06. The molecule has 1 amide bonds. The van der Waals surface area contributed by atoms with Crippen LogP contribution in [-0.4, -0.2) is 33.3 Å². The van der Waals surface area contributed by atoms with Crippen LogP contribution < -0.4 is 4.74 Å². The molecule has 0 aliphatic carbocycles. The highest BCUT2D eigenvalue weighted by molar-refractivity contribution is 6.46. The fourth-order valence-electron chi connectivity index (χ4n) is 3.86. The number of hydrogen-bond acceptors (Lipinski definition) is 5. The standard InChI is InChI=1S/C26H24N2O4/c1-3-32-21-12-10-19(11-13-21)23-22(24(29)20-8-6-17(2)7-9-20)25(30)26(31)28(23)16-18-5-4-14-27-15-18/h4-15,23,29H,3,16H2,1-2H3/t23-/m1/s1. The summed E-state index contributed by atoms with van der Waals surface area (Å²) in [5.74, 6) is -0.845. The fraction of sp³-hybridized carbons (Fsp3) is 0.192. The number of aryl methyl sites for hydroxylation is 1. The summed E-state index contributed by atoms with van der Waals surface area (Å²) in [5, 5.41) is 11.1. The lowest BCUT2D eigenvalue weighted by molar-refractivity contribution is -0.140. The number of aromatic nitrogens is 1. The van der Waals surface area contributed by atoms with E-state index in [4.69, 9.17) is 4.74 Å². The van der Waals surface area contributed by atoms with Crippen molar-refractivity contribution in [3.8, 4) is 5.75 Å². The zero-order chi connectivity index (χ0) is 22.7. The van der Waals surface area contributed by atoms with Crippen LogP contribution in [0.4, 0.5) is 0 Å². The van der Waals surface area contributed by atoms with Crippen molar-refractivity contribution < 1.29 is 19.4 Å². The molecule has 162 valence electrons. The Balaban J connectivity index is 1.83. The Morgan fingerprint density at radius 1 is 1.06 bits per heavy atom. The summed E-state index contributed by atoms with van der Waals surface area (Å²) in [6.45, 7) is 4.57. The minimum Gasteiger partial charge on any atom is -0.507 e. The van der Waals surface area contributed by atoms with Crippen molar-refractivity contribution in [2.75, 3.05) is 6.61 Å². The molecule has 1 aliphatic rings. The quantitative estimate of drug-likeness (QED) is 0.357. The highest BCUT2D eigenvalue weighted by Gasteiger charge is 2.46. The molecule has 0 bridgehead atoms. The average molecular weight is 428 g/mol. The van der Waals surface area contributed by atoms with Crippen molar-refractivity contribution >= 4 is 17.4 Å². The highest BCUT2D eigenvalue weighted by atomic mass is 16.5. The van der Waals surface area contributed by atoms with Gasteiger partial charge in [0.25, 0.3) is 11.7 Å². The Bertz CT molecular complexity index is 1150. The third kappa shape index (κ3) is 4.12. The monoisotopic (exact) mass is 428 g/mol. The third-order valence-corrected chi connectivity index (χ3v) is 5.45. The van der Waals surface area contributed by atoms with Crippen LogP contribution in [0.25, 0.3) is 5.76 Å². The number of ether oxygens (including phenoxy) is 1. The summed E-state index contributed by atoms with van der Waals surface area (Å²) in [5.41, 5.74) is 3.10. The zero-order valence-electron chi connectivity index (χ0n) is 18.0. The number of Topliss-reactive ketones (excluding diaryl/α,β-unsaturated/α-hetero) is 1. The first-order valence-corrected chi connectivity index (χ1v) is 10.5. The second-order valence-electron chi connectivity index (χ2n) is 7.66. The SMILES string of the molecule is CCOc1ccc([C@@H]2C(=C(O)c3ccc(C)cc3)C(=O)C(=O)N2Cc2cccnc2)cc1. The van der Waals surface area contributed by atoms with Crippen LogP contribution in [-0.2, 0) is 16.1 Å². The summed E-state index contributed by atoms with van der Waals surface area (Å²) in [6, 6.07) is 17.3. The maximum absolute atomic E-state index is 13.1. The van der Waals surface area contributed by atoms with Crippen LogP contribution in [0.1, 0.15) is 35.2 Å². The lowest BCUT2D eigenvalue weighted by Gasteiger charge is -2.25. The van der Waals surface area contributed by atoms with Crippen LogP contribution in [0.2, 0.25) is 0 Å². The van der Waals surface area contributed by atoms with Gasteiger partial charge in [0.05, 0.1) is 18.2 Å². The third-order valence-electron chi connectivity index (χ3n) is 5.45.